The average Bonchev–Trinajstić information content (AvgIpc) is 2.43. The van der Waals surface area contributed by atoms with E-state index in [1.54, 1.807) is 13.1 Å². The van der Waals surface area contributed by atoms with Gasteiger partial charge in [-0.1, -0.05) is 11.6 Å². The Morgan fingerprint density at radius 3 is 2.86 bits per heavy atom. The molecule has 1 aromatic carbocycles. The van der Waals surface area contributed by atoms with Gasteiger partial charge in [0, 0.05) is 7.05 Å². The number of nitro groups is 1. The van der Waals surface area contributed by atoms with Crippen molar-refractivity contribution in [1.82, 2.24) is 15.0 Å². The SMILES string of the molecule is Cn1nc2ccc(Cl)c([N+](=O)[O-])c2n1. The van der Waals surface area contributed by atoms with Gasteiger partial charge in [0.25, 0.3) is 0 Å². The maximum Gasteiger partial charge on any atom is 0.317 e. The van der Waals surface area contributed by atoms with Crippen LogP contribution in [0.5, 0.6) is 0 Å². The van der Waals surface area contributed by atoms with Gasteiger partial charge in [0.05, 0.1) is 4.92 Å². The number of fused-ring (bicyclic) bond motifs is 1. The number of hydrogen-bond donors (Lipinski definition) is 0. The Morgan fingerprint density at radius 1 is 1.50 bits per heavy atom. The number of hydrogen-bond acceptors (Lipinski definition) is 4. The van der Waals surface area contributed by atoms with Crippen LogP contribution in [-0.4, -0.2) is 19.9 Å². The summed E-state index contributed by atoms with van der Waals surface area (Å²) in [5.41, 5.74) is 0.478. The van der Waals surface area contributed by atoms with E-state index in [4.69, 9.17) is 11.6 Å². The summed E-state index contributed by atoms with van der Waals surface area (Å²) in [4.78, 5) is 11.4. The maximum atomic E-state index is 10.7. The molecule has 7 heteroatoms. The summed E-state index contributed by atoms with van der Waals surface area (Å²) in [5, 5.41) is 18.6. The highest BCUT2D eigenvalue weighted by Gasteiger charge is 2.20. The lowest BCUT2D eigenvalue weighted by molar-refractivity contribution is -0.383. The minimum atomic E-state index is -0.556. The third-order valence-electron chi connectivity index (χ3n) is 1.76. The van der Waals surface area contributed by atoms with Crippen molar-refractivity contribution >= 4 is 28.3 Å². The van der Waals surface area contributed by atoms with Crippen molar-refractivity contribution < 1.29 is 4.92 Å². The molecule has 6 nitrogen and oxygen atoms in total. The van der Waals surface area contributed by atoms with Crippen molar-refractivity contribution in [2.24, 2.45) is 7.05 Å². The van der Waals surface area contributed by atoms with Gasteiger partial charge in [0.15, 0.2) is 5.52 Å². The fourth-order valence-electron chi connectivity index (χ4n) is 1.22. The summed E-state index contributed by atoms with van der Waals surface area (Å²) in [6.07, 6.45) is 0. The zero-order chi connectivity index (χ0) is 10.3. The van der Waals surface area contributed by atoms with Gasteiger partial charge in [0.1, 0.15) is 10.5 Å². The molecule has 0 amide bonds. The number of halogens is 1. The summed E-state index contributed by atoms with van der Waals surface area (Å²) < 4.78 is 0. The third-order valence-corrected chi connectivity index (χ3v) is 2.07. The van der Waals surface area contributed by atoms with Crippen LogP contribution in [0.2, 0.25) is 5.02 Å². The normalized spacial score (nSPS) is 10.7. The fourth-order valence-corrected chi connectivity index (χ4v) is 1.44. The summed E-state index contributed by atoms with van der Waals surface area (Å²) in [6.45, 7) is 0. The largest absolute Gasteiger partial charge is 0.317 e. The minimum absolute atomic E-state index is 0.0722. The molecule has 72 valence electrons. The van der Waals surface area contributed by atoms with Gasteiger partial charge >= 0.3 is 5.69 Å². The Labute approximate surface area is 83.2 Å². The van der Waals surface area contributed by atoms with Crippen LogP contribution in [0.1, 0.15) is 0 Å². The predicted octanol–water partition coefficient (Wildman–Crippen LogP) is 1.53. The molecule has 0 aliphatic rings. The van der Waals surface area contributed by atoms with E-state index >= 15 is 0 Å². The topological polar surface area (TPSA) is 73.8 Å². The van der Waals surface area contributed by atoms with Crippen LogP contribution in [0.15, 0.2) is 12.1 Å². The molecule has 0 saturated heterocycles. The van der Waals surface area contributed by atoms with Gasteiger partial charge in [-0.05, 0) is 12.1 Å². The second-order valence-corrected chi connectivity index (χ2v) is 3.12. The van der Waals surface area contributed by atoms with Gasteiger partial charge in [-0.2, -0.15) is 9.90 Å². The smallest absolute Gasteiger partial charge is 0.258 e. The lowest BCUT2D eigenvalue weighted by Crippen LogP contribution is -1.92. The van der Waals surface area contributed by atoms with E-state index in [1.807, 2.05) is 0 Å². The molecule has 0 atom stereocenters. The van der Waals surface area contributed by atoms with Crippen LogP contribution < -0.4 is 0 Å². The maximum absolute atomic E-state index is 10.7. The zero-order valence-electron chi connectivity index (χ0n) is 7.14. The van der Waals surface area contributed by atoms with Crippen LogP contribution in [-0.2, 0) is 7.05 Å². The van der Waals surface area contributed by atoms with Crippen LogP contribution in [0.4, 0.5) is 5.69 Å². The zero-order valence-corrected chi connectivity index (χ0v) is 7.89. The number of aromatic nitrogens is 3. The number of nitro benzene ring substituents is 1. The summed E-state index contributed by atoms with van der Waals surface area (Å²) in [5.74, 6) is 0. The molecule has 0 bridgehead atoms. The van der Waals surface area contributed by atoms with Crippen LogP contribution in [0.3, 0.4) is 0 Å². The molecule has 0 spiro atoms. The molecular formula is C7H5ClN4O2. The first-order valence-corrected chi connectivity index (χ1v) is 4.11. The molecule has 0 fully saturated rings. The molecule has 14 heavy (non-hydrogen) atoms. The van der Waals surface area contributed by atoms with E-state index in [1.165, 1.54) is 10.9 Å². The monoisotopic (exact) mass is 212 g/mol. The van der Waals surface area contributed by atoms with E-state index in [2.05, 4.69) is 10.2 Å². The quantitative estimate of drug-likeness (QED) is 0.531. The number of nitrogens with zero attached hydrogens (tertiary/aromatic N) is 4. The Bertz CT molecular complexity index is 522. The molecule has 1 heterocycles. The second kappa shape index (κ2) is 2.91. The molecule has 2 aromatic rings. The Hall–Kier alpha value is -1.69. The number of benzene rings is 1. The van der Waals surface area contributed by atoms with Crippen molar-refractivity contribution in [2.45, 2.75) is 0 Å². The highest BCUT2D eigenvalue weighted by molar-refractivity contribution is 6.33. The number of rotatable bonds is 1. The van der Waals surface area contributed by atoms with Crippen LogP contribution in [0.25, 0.3) is 11.0 Å². The van der Waals surface area contributed by atoms with Crippen molar-refractivity contribution in [3.8, 4) is 0 Å². The highest BCUT2D eigenvalue weighted by Crippen LogP contribution is 2.30. The van der Waals surface area contributed by atoms with Crippen molar-refractivity contribution in [2.75, 3.05) is 0 Å². The number of aryl methyl sites for hydroxylation is 1. The van der Waals surface area contributed by atoms with Gasteiger partial charge < -0.3 is 0 Å². The molecule has 0 aliphatic carbocycles. The third kappa shape index (κ3) is 1.20. The summed E-state index contributed by atoms with van der Waals surface area (Å²) in [7, 11) is 1.59. The van der Waals surface area contributed by atoms with Gasteiger partial charge in [-0.15, -0.1) is 5.10 Å². The first kappa shape index (κ1) is 8.89. The Morgan fingerprint density at radius 2 is 2.21 bits per heavy atom. The predicted molar refractivity (Wildman–Crippen MR) is 50.2 cm³/mol. The summed E-state index contributed by atoms with van der Waals surface area (Å²) in [6, 6.07) is 3.04. The first-order valence-electron chi connectivity index (χ1n) is 3.73. The van der Waals surface area contributed by atoms with Crippen molar-refractivity contribution in [3.63, 3.8) is 0 Å². The lowest BCUT2D eigenvalue weighted by Gasteiger charge is -1.93. The van der Waals surface area contributed by atoms with Gasteiger partial charge in [-0.25, -0.2) is 0 Å². The molecule has 1 aromatic heterocycles. The molecule has 0 unspecified atom stereocenters. The fraction of sp³-hybridized carbons (Fsp3) is 0.143. The van der Waals surface area contributed by atoms with E-state index in [-0.39, 0.29) is 16.2 Å². The van der Waals surface area contributed by atoms with Crippen LogP contribution >= 0.6 is 11.6 Å². The van der Waals surface area contributed by atoms with E-state index in [0.717, 1.165) is 0 Å². The Kier molecular flexibility index (Phi) is 1.85. The second-order valence-electron chi connectivity index (χ2n) is 2.71. The standard InChI is InChI=1S/C7H5ClN4O2/c1-11-9-5-3-2-4(8)7(12(13)14)6(5)10-11/h2-3H,1H3. The molecule has 2 rings (SSSR count). The molecule has 0 saturated carbocycles. The average molecular weight is 213 g/mol. The Balaban J connectivity index is 2.88. The van der Waals surface area contributed by atoms with Gasteiger partial charge in [0.2, 0.25) is 0 Å². The van der Waals surface area contributed by atoms with Gasteiger partial charge in [-0.3, -0.25) is 10.1 Å². The van der Waals surface area contributed by atoms with Crippen molar-refractivity contribution in [3.05, 3.63) is 27.3 Å². The minimum Gasteiger partial charge on any atom is -0.258 e. The first-order chi connectivity index (χ1) is 6.59. The molecule has 0 aliphatic heterocycles. The molecule has 0 N–H and O–H groups in total. The van der Waals surface area contributed by atoms with E-state index in [9.17, 15) is 10.1 Å². The lowest BCUT2D eigenvalue weighted by atomic mass is 10.3. The van der Waals surface area contributed by atoms with E-state index < -0.39 is 4.92 Å². The molecule has 0 radical (unpaired) electrons. The van der Waals surface area contributed by atoms with E-state index in [0.29, 0.717) is 5.52 Å². The van der Waals surface area contributed by atoms with Crippen LogP contribution in [0, 0.1) is 10.1 Å². The van der Waals surface area contributed by atoms with Crippen molar-refractivity contribution in [1.29, 1.82) is 0 Å². The highest BCUT2D eigenvalue weighted by atomic mass is 35.5. The molecular weight excluding hydrogens is 208 g/mol. The summed E-state index contributed by atoms with van der Waals surface area (Å²) >= 11 is 5.69.